The molecule has 0 saturated carbocycles. The van der Waals surface area contributed by atoms with Gasteiger partial charge in [-0.3, -0.25) is 4.79 Å². The van der Waals surface area contributed by atoms with Crippen LogP contribution in [0.4, 0.5) is 10.5 Å². The Labute approximate surface area is 122 Å². The first-order valence-electron chi connectivity index (χ1n) is 6.42. The number of hydrogen-bond donors (Lipinski definition) is 3. The highest BCUT2D eigenvalue weighted by atomic mass is 16.4. The van der Waals surface area contributed by atoms with E-state index in [0.29, 0.717) is 5.69 Å². The van der Waals surface area contributed by atoms with Crippen LogP contribution in [-0.4, -0.2) is 48.6 Å². The summed E-state index contributed by atoms with van der Waals surface area (Å²) in [6.07, 6.45) is 0. The van der Waals surface area contributed by atoms with E-state index in [1.54, 1.807) is 26.1 Å². The maximum absolute atomic E-state index is 12.0. The second-order valence-electron chi connectivity index (χ2n) is 4.71. The summed E-state index contributed by atoms with van der Waals surface area (Å²) in [6, 6.07) is 5.55. The first-order chi connectivity index (χ1) is 9.85. The van der Waals surface area contributed by atoms with Crippen molar-refractivity contribution in [2.45, 2.75) is 6.92 Å². The number of aromatic carboxylic acids is 1. The molecular weight excluding hydrogens is 274 g/mol. The molecule has 0 bridgehead atoms. The van der Waals surface area contributed by atoms with Gasteiger partial charge in [-0.25, -0.2) is 9.59 Å². The molecule has 1 rings (SSSR count). The van der Waals surface area contributed by atoms with Crippen LogP contribution in [-0.2, 0) is 4.79 Å². The van der Waals surface area contributed by atoms with Crippen molar-refractivity contribution in [1.29, 1.82) is 0 Å². The summed E-state index contributed by atoms with van der Waals surface area (Å²) in [7, 11) is 3.10. The maximum Gasteiger partial charge on any atom is 0.335 e. The SMILES string of the molecule is CNC(=O)C(C)CN(C)C(=O)Nc1cccc(C(=O)O)c1. The van der Waals surface area contributed by atoms with Gasteiger partial charge in [-0.05, 0) is 18.2 Å². The van der Waals surface area contributed by atoms with E-state index in [1.807, 2.05) is 0 Å². The van der Waals surface area contributed by atoms with Crippen molar-refractivity contribution < 1.29 is 19.5 Å². The van der Waals surface area contributed by atoms with E-state index < -0.39 is 12.0 Å². The number of carboxylic acid groups (broad SMARTS) is 1. The molecule has 0 aliphatic heterocycles. The van der Waals surface area contributed by atoms with E-state index in [1.165, 1.54) is 24.1 Å². The number of nitrogens with zero attached hydrogens (tertiary/aromatic N) is 1. The minimum Gasteiger partial charge on any atom is -0.478 e. The second-order valence-corrected chi connectivity index (χ2v) is 4.71. The number of amides is 3. The third-order valence-corrected chi connectivity index (χ3v) is 2.95. The Kier molecular flexibility index (Phi) is 5.71. The lowest BCUT2D eigenvalue weighted by atomic mass is 10.1. The molecule has 3 N–H and O–H groups in total. The first kappa shape index (κ1) is 16.5. The van der Waals surface area contributed by atoms with Crippen LogP contribution in [0.2, 0.25) is 0 Å². The summed E-state index contributed by atoms with van der Waals surface area (Å²) in [5, 5.41) is 14.0. The van der Waals surface area contributed by atoms with Gasteiger partial charge in [0.15, 0.2) is 0 Å². The monoisotopic (exact) mass is 293 g/mol. The van der Waals surface area contributed by atoms with Gasteiger partial charge in [0.05, 0.1) is 11.5 Å². The Bertz CT molecular complexity index is 545. The third kappa shape index (κ3) is 4.79. The number of benzene rings is 1. The zero-order valence-electron chi connectivity index (χ0n) is 12.2. The minimum atomic E-state index is -1.06. The number of hydrogen-bond acceptors (Lipinski definition) is 3. The highest BCUT2D eigenvalue weighted by Crippen LogP contribution is 2.11. The summed E-state index contributed by atoms with van der Waals surface area (Å²) in [5.74, 6) is -1.55. The molecule has 7 nitrogen and oxygen atoms in total. The molecular formula is C14H19N3O4. The number of carbonyl (C=O) groups is 3. The number of urea groups is 1. The fraction of sp³-hybridized carbons (Fsp3) is 0.357. The second kappa shape index (κ2) is 7.28. The van der Waals surface area contributed by atoms with Crippen molar-refractivity contribution >= 4 is 23.6 Å². The number of carboxylic acids is 1. The average Bonchev–Trinajstić information content (AvgIpc) is 2.46. The van der Waals surface area contributed by atoms with Crippen molar-refractivity contribution in [3.63, 3.8) is 0 Å². The van der Waals surface area contributed by atoms with Gasteiger partial charge in [-0.15, -0.1) is 0 Å². The molecule has 21 heavy (non-hydrogen) atoms. The number of anilines is 1. The third-order valence-electron chi connectivity index (χ3n) is 2.95. The molecule has 3 amide bonds. The van der Waals surface area contributed by atoms with Crippen molar-refractivity contribution in [2.24, 2.45) is 5.92 Å². The summed E-state index contributed by atoms with van der Waals surface area (Å²) < 4.78 is 0. The standard InChI is InChI=1S/C14H19N3O4/c1-9(12(18)15-2)8-17(3)14(21)16-11-6-4-5-10(7-11)13(19)20/h4-7,9H,8H2,1-3H3,(H,15,18)(H,16,21)(H,19,20). The van der Waals surface area contributed by atoms with Gasteiger partial charge in [0.1, 0.15) is 0 Å². The molecule has 1 atom stereocenters. The van der Waals surface area contributed by atoms with Crippen molar-refractivity contribution in [1.82, 2.24) is 10.2 Å². The predicted molar refractivity (Wildman–Crippen MR) is 78.3 cm³/mol. The van der Waals surface area contributed by atoms with E-state index in [2.05, 4.69) is 10.6 Å². The molecule has 1 aromatic carbocycles. The number of carbonyl (C=O) groups excluding carboxylic acids is 2. The van der Waals surface area contributed by atoms with E-state index in [4.69, 9.17) is 5.11 Å². The quantitative estimate of drug-likeness (QED) is 0.760. The van der Waals surface area contributed by atoms with E-state index >= 15 is 0 Å². The molecule has 0 aliphatic carbocycles. The number of rotatable bonds is 5. The molecule has 0 aromatic heterocycles. The molecule has 114 valence electrons. The molecule has 0 fully saturated rings. The molecule has 0 aliphatic rings. The van der Waals surface area contributed by atoms with Crippen molar-refractivity contribution in [3.05, 3.63) is 29.8 Å². The highest BCUT2D eigenvalue weighted by molar-refractivity contribution is 5.93. The normalized spacial score (nSPS) is 11.4. The lowest BCUT2D eigenvalue weighted by molar-refractivity contribution is -0.124. The largest absolute Gasteiger partial charge is 0.478 e. The first-order valence-corrected chi connectivity index (χ1v) is 6.42. The molecule has 1 aromatic rings. The fourth-order valence-electron chi connectivity index (χ4n) is 1.77. The minimum absolute atomic E-state index is 0.0918. The van der Waals surface area contributed by atoms with Crippen LogP contribution < -0.4 is 10.6 Å². The molecule has 1 unspecified atom stereocenters. The zero-order chi connectivity index (χ0) is 16.0. The Morgan fingerprint density at radius 1 is 1.33 bits per heavy atom. The molecule has 0 heterocycles. The van der Waals surface area contributed by atoms with Gasteiger partial charge < -0.3 is 20.6 Å². The van der Waals surface area contributed by atoms with Crippen LogP contribution in [0.15, 0.2) is 24.3 Å². The van der Waals surface area contributed by atoms with Gasteiger partial charge >= 0.3 is 12.0 Å². The fourth-order valence-corrected chi connectivity index (χ4v) is 1.77. The Morgan fingerprint density at radius 2 is 2.00 bits per heavy atom. The molecule has 0 radical (unpaired) electrons. The Balaban J connectivity index is 2.66. The predicted octanol–water partition coefficient (Wildman–Crippen LogP) is 1.23. The van der Waals surface area contributed by atoms with Crippen LogP contribution in [0, 0.1) is 5.92 Å². The van der Waals surface area contributed by atoms with E-state index in [-0.39, 0.29) is 23.9 Å². The topological polar surface area (TPSA) is 98.7 Å². The van der Waals surface area contributed by atoms with Gasteiger partial charge in [0, 0.05) is 26.3 Å². The number of nitrogens with one attached hydrogen (secondary N) is 2. The Morgan fingerprint density at radius 3 is 2.57 bits per heavy atom. The molecule has 7 heteroatoms. The van der Waals surface area contributed by atoms with Gasteiger partial charge in [0.2, 0.25) is 5.91 Å². The summed E-state index contributed by atoms with van der Waals surface area (Å²) in [4.78, 5) is 35.6. The van der Waals surface area contributed by atoms with Crippen LogP contribution in [0.5, 0.6) is 0 Å². The van der Waals surface area contributed by atoms with Crippen LogP contribution in [0.3, 0.4) is 0 Å². The highest BCUT2D eigenvalue weighted by Gasteiger charge is 2.17. The van der Waals surface area contributed by atoms with Gasteiger partial charge in [-0.1, -0.05) is 13.0 Å². The van der Waals surface area contributed by atoms with Crippen LogP contribution >= 0.6 is 0 Å². The van der Waals surface area contributed by atoms with E-state index in [0.717, 1.165) is 0 Å². The molecule has 0 saturated heterocycles. The van der Waals surface area contributed by atoms with Gasteiger partial charge in [0.25, 0.3) is 0 Å². The van der Waals surface area contributed by atoms with Gasteiger partial charge in [-0.2, -0.15) is 0 Å². The summed E-state index contributed by atoms with van der Waals surface area (Å²) in [5.41, 5.74) is 0.480. The lowest BCUT2D eigenvalue weighted by Crippen LogP contribution is -2.39. The smallest absolute Gasteiger partial charge is 0.335 e. The van der Waals surface area contributed by atoms with Crippen molar-refractivity contribution in [2.75, 3.05) is 26.0 Å². The van der Waals surface area contributed by atoms with Crippen LogP contribution in [0.1, 0.15) is 17.3 Å². The van der Waals surface area contributed by atoms with Crippen LogP contribution in [0.25, 0.3) is 0 Å². The average molecular weight is 293 g/mol. The Hall–Kier alpha value is -2.57. The zero-order valence-corrected chi connectivity index (χ0v) is 12.2. The summed E-state index contributed by atoms with van der Waals surface area (Å²) >= 11 is 0. The maximum atomic E-state index is 12.0. The van der Waals surface area contributed by atoms with Crippen molar-refractivity contribution in [3.8, 4) is 0 Å². The summed E-state index contributed by atoms with van der Waals surface area (Å²) in [6.45, 7) is 1.97. The van der Waals surface area contributed by atoms with E-state index in [9.17, 15) is 14.4 Å². The lowest BCUT2D eigenvalue weighted by Gasteiger charge is -2.21. The molecule has 0 spiro atoms.